The molecule has 4 aromatic carbocycles. The molecule has 0 aliphatic carbocycles. The SMILES string of the molecule is Cc1cc(CNC[C@@H](O)c2ccc(O)c3[nH]c(=O)ccc23)ccc1NC(=O)CCN1CCC(OC(=O)Nc2ccccc2-c2ccccc2)CC1. The first-order chi connectivity index (χ1) is 24.7. The standard InChI is InChI=1S/C40H43N5O6/c1-26-23-27(24-41-25-36(47)31-12-15-35(46)39-32(31)13-16-37(48)44-39)11-14-33(26)42-38(49)19-22-45-20-17-29(18-21-45)51-40(50)43-34-10-6-5-9-30(34)28-7-3-2-4-8-28/h2-16,23,29,36,41,46-47H,17-22,24-25H2,1H3,(H,42,49)(H,43,50)(H,44,48)/t36-/m1/s1. The quantitative estimate of drug-likeness (QED) is 0.0922. The number of phenols is 1. The number of aromatic hydroxyl groups is 1. The number of aromatic amines is 1. The van der Waals surface area contributed by atoms with E-state index in [1.165, 1.54) is 12.1 Å². The first-order valence-electron chi connectivity index (χ1n) is 17.2. The topological polar surface area (TPSA) is 156 Å². The highest BCUT2D eigenvalue weighted by atomic mass is 16.6. The van der Waals surface area contributed by atoms with Gasteiger partial charge in [-0.2, -0.15) is 0 Å². The van der Waals surface area contributed by atoms with Gasteiger partial charge in [-0.15, -0.1) is 0 Å². The van der Waals surface area contributed by atoms with E-state index in [9.17, 15) is 24.6 Å². The van der Waals surface area contributed by atoms with Gasteiger partial charge in [-0.05, 0) is 66.3 Å². The second-order valence-corrected chi connectivity index (χ2v) is 12.9. The summed E-state index contributed by atoms with van der Waals surface area (Å²) in [6.45, 7) is 4.80. The van der Waals surface area contributed by atoms with Gasteiger partial charge in [-0.3, -0.25) is 14.9 Å². The summed E-state index contributed by atoms with van der Waals surface area (Å²) in [4.78, 5) is 42.1. The molecule has 11 heteroatoms. The average molecular weight is 690 g/mol. The molecule has 6 rings (SSSR count). The Labute approximate surface area is 296 Å². The zero-order chi connectivity index (χ0) is 35.7. The van der Waals surface area contributed by atoms with Crippen molar-refractivity contribution in [3.63, 3.8) is 0 Å². The normalized spacial score (nSPS) is 14.2. The second-order valence-electron chi connectivity index (χ2n) is 12.9. The number of piperidine rings is 1. The molecule has 264 valence electrons. The first kappa shape index (κ1) is 35.3. The molecule has 1 aromatic heterocycles. The smallest absolute Gasteiger partial charge is 0.411 e. The zero-order valence-electron chi connectivity index (χ0n) is 28.5. The number of carbonyl (C=O) groups excluding carboxylic acids is 2. The van der Waals surface area contributed by atoms with E-state index in [-0.39, 0.29) is 29.9 Å². The van der Waals surface area contributed by atoms with Crippen molar-refractivity contribution in [2.75, 3.05) is 36.8 Å². The van der Waals surface area contributed by atoms with E-state index < -0.39 is 12.2 Å². The molecule has 51 heavy (non-hydrogen) atoms. The number of anilines is 2. The van der Waals surface area contributed by atoms with Crippen molar-refractivity contribution in [1.82, 2.24) is 15.2 Å². The van der Waals surface area contributed by atoms with Crippen molar-refractivity contribution in [1.29, 1.82) is 0 Å². The lowest BCUT2D eigenvalue weighted by Crippen LogP contribution is -2.39. The number of phenolic OH excluding ortho intramolecular Hbond substituents is 1. The van der Waals surface area contributed by atoms with E-state index in [1.807, 2.05) is 79.7 Å². The fourth-order valence-corrected chi connectivity index (χ4v) is 6.46. The molecule has 1 atom stereocenters. The molecule has 5 aromatic rings. The fourth-order valence-electron chi connectivity index (χ4n) is 6.46. The number of amides is 2. The monoisotopic (exact) mass is 689 g/mol. The van der Waals surface area contributed by atoms with Crippen molar-refractivity contribution < 1.29 is 24.5 Å². The maximum Gasteiger partial charge on any atom is 0.411 e. The number of ether oxygens (including phenoxy) is 1. The van der Waals surface area contributed by atoms with Crippen LogP contribution in [0.1, 0.15) is 42.1 Å². The number of likely N-dealkylation sites (tertiary alicyclic amines) is 1. The summed E-state index contributed by atoms with van der Waals surface area (Å²) in [7, 11) is 0. The van der Waals surface area contributed by atoms with E-state index in [1.54, 1.807) is 12.1 Å². The van der Waals surface area contributed by atoms with Crippen molar-refractivity contribution in [2.45, 2.75) is 44.9 Å². The summed E-state index contributed by atoms with van der Waals surface area (Å²) in [5, 5.41) is 30.7. The Balaban J connectivity index is 0.906. The molecule has 1 saturated heterocycles. The third-order valence-corrected chi connectivity index (χ3v) is 9.21. The number of rotatable bonds is 12. The molecule has 11 nitrogen and oxygen atoms in total. The highest BCUT2D eigenvalue weighted by Crippen LogP contribution is 2.30. The highest BCUT2D eigenvalue weighted by molar-refractivity contribution is 5.92. The zero-order valence-corrected chi connectivity index (χ0v) is 28.5. The molecule has 2 heterocycles. The molecular weight excluding hydrogens is 646 g/mol. The number of H-pyrrole nitrogens is 1. The maximum atomic E-state index is 12.8. The minimum absolute atomic E-state index is 0.0512. The summed E-state index contributed by atoms with van der Waals surface area (Å²) in [5.74, 6) is -0.117. The summed E-state index contributed by atoms with van der Waals surface area (Å²) in [5.41, 5.74) is 5.90. The van der Waals surface area contributed by atoms with Crippen molar-refractivity contribution in [3.05, 3.63) is 124 Å². The number of aliphatic hydroxyl groups is 1. The van der Waals surface area contributed by atoms with Gasteiger partial charge < -0.3 is 35.5 Å². The molecule has 1 aliphatic heterocycles. The Hall–Kier alpha value is -5.49. The largest absolute Gasteiger partial charge is 0.506 e. The van der Waals surface area contributed by atoms with Crippen LogP contribution in [-0.4, -0.2) is 64.4 Å². The van der Waals surface area contributed by atoms with Crippen LogP contribution >= 0.6 is 0 Å². The number of para-hydroxylation sites is 1. The number of carbonyl (C=O) groups is 2. The lowest BCUT2D eigenvalue weighted by molar-refractivity contribution is -0.116. The Kier molecular flexibility index (Phi) is 11.4. The molecule has 0 bridgehead atoms. The molecule has 2 amide bonds. The number of nitrogens with one attached hydrogen (secondary N) is 4. The highest BCUT2D eigenvalue weighted by Gasteiger charge is 2.23. The van der Waals surface area contributed by atoms with Crippen LogP contribution in [0.25, 0.3) is 22.0 Å². The van der Waals surface area contributed by atoms with Crippen LogP contribution in [-0.2, 0) is 16.1 Å². The van der Waals surface area contributed by atoms with Crippen LogP contribution in [0.15, 0.2) is 102 Å². The number of pyridine rings is 1. The molecule has 0 saturated carbocycles. The summed E-state index contributed by atoms with van der Waals surface area (Å²) >= 11 is 0. The predicted molar refractivity (Wildman–Crippen MR) is 199 cm³/mol. The van der Waals surface area contributed by atoms with Gasteiger partial charge >= 0.3 is 6.09 Å². The molecule has 6 N–H and O–H groups in total. The number of hydrogen-bond acceptors (Lipinski definition) is 8. The summed E-state index contributed by atoms with van der Waals surface area (Å²) in [6, 6.07) is 29.4. The minimum atomic E-state index is -0.857. The van der Waals surface area contributed by atoms with Gasteiger partial charge in [0.2, 0.25) is 11.5 Å². The van der Waals surface area contributed by atoms with Gasteiger partial charge in [0.1, 0.15) is 11.9 Å². The van der Waals surface area contributed by atoms with Crippen LogP contribution in [0.3, 0.4) is 0 Å². The van der Waals surface area contributed by atoms with Gasteiger partial charge in [-0.25, -0.2) is 4.79 Å². The molecule has 1 fully saturated rings. The number of aliphatic hydroxyl groups excluding tert-OH is 1. The maximum absolute atomic E-state index is 12.8. The number of benzene rings is 4. The predicted octanol–water partition coefficient (Wildman–Crippen LogP) is 6.07. The summed E-state index contributed by atoms with van der Waals surface area (Å²) < 4.78 is 5.75. The van der Waals surface area contributed by atoms with Crippen molar-refractivity contribution in [2.24, 2.45) is 0 Å². The third-order valence-electron chi connectivity index (χ3n) is 9.21. The third kappa shape index (κ3) is 9.20. The molecule has 0 unspecified atom stereocenters. The lowest BCUT2D eigenvalue weighted by atomic mass is 10.0. The molecule has 1 aliphatic rings. The average Bonchev–Trinajstić information content (AvgIpc) is 3.13. The van der Waals surface area contributed by atoms with Gasteiger partial charge in [0.15, 0.2) is 0 Å². The van der Waals surface area contributed by atoms with Crippen LogP contribution in [0.2, 0.25) is 0 Å². The van der Waals surface area contributed by atoms with E-state index in [2.05, 4.69) is 25.8 Å². The Morgan fingerprint density at radius 3 is 2.47 bits per heavy atom. The number of aromatic nitrogens is 1. The van der Waals surface area contributed by atoms with Gasteiger partial charge in [0, 0.05) is 61.8 Å². The van der Waals surface area contributed by atoms with Crippen molar-refractivity contribution >= 4 is 34.3 Å². The van der Waals surface area contributed by atoms with E-state index in [0.717, 1.165) is 41.0 Å². The van der Waals surface area contributed by atoms with E-state index in [0.29, 0.717) is 54.5 Å². The second kappa shape index (κ2) is 16.5. The van der Waals surface area contributed by atoms with Gasteiger partial charge in [-0.1, -0.05) is 66.7 Å². The molecule has 0 radical (unpaired) electrons. The van der Waals surface area contributed by atoms with Gasteiger partial charge in [0.05, 0.1) is 17.3 Å². The van der Waals surface area contributed by atoms with Crippen LogP contribution in [0, 0.1) is 6.92 Å². The number of fused-ring (bicyclic) bond motifs is 1. The number of aryl methyl sites for hydroxylation is 1. The minimum Gasteiger partial charge on any atom is -0.506 e. The van der Waals surface area contributed by atoms with E-state index in [4.69, 9.17) is 4.74 Å². The van der Waals surface area contributed by atoms with Crippen LogP contribution in [0.5, 0.6) is 5.75 Å². The Morgan fingerprint density at radius 2 is 1.69 bits per heavy atom. The van der Waals surface area contributed by atoms with Gasteiger partial charge in [0.25, 0.3) is 0 Å². The lowest BCUT2D eigenvalue weighted by Gasteiger charge is -2.31. The van der Waals surface area contributed by atoms with Crippen LogP contribution in [0.4, 0.5) is 16.2 Å². The Bertz CT molecular complexity index is 2040. The molecule has 0 spiro atoms. The summed E-state index contributed by atoms with van der Waals surface area (Å²) in [6.07, 6.45) is 0.249. The number of hydrogen-bond donors (Lipinski definition) is 6. The van der Waals surface area contributed by atoms with E-state index >= 15 is 0 Å². The first-order valence-corrected chi connectivity index (χ1v) is 17.2. The van der Waals surface area contributed by atoms with Crippen LogP contribution < -0.4 is 21.5 Å². The molecular formula is C40H43N5O6. The Morgan fingerprint density at radius 1 is 0.922 bits per heavy atom. The number of nitrogens with zero attached hydrogens (tertiary/aromatic N) is 1. The fraction of sp³-hybridized carbons (Fsp3) is 0.275. The van der Waals surface area contributed by atoms with Crippen molar-refractivity contribution in [3.8, 4) is 16.9 Å².